The Balaban J connectivity index is 2.40. The van der Waals surface area contributed by atoms with E-state index in [1.807, 2.05) is 0 Å². The second kappa shape index (κ2) is 3.74. The maximum absolute atomic E-state index is 9.11. The third-order valence-electron chi connectivity index (χ3n) is 0.0823. The number of rotatable bonds is 2. The van der Waals surface area contributed by atoms with Crippen molar-refractivity contribution in [3.63, 3.8) is 0 Å². The van der Waals surface area contributed by atoms with E-state index in [4.69, 9.17) is 9.72 Å². The fraction of sp³-hybridized carbons (Fsp3) is 0. The van der Waals surface area contributed by atoms with E-state index in [-0.39, 0.29) is 0 Å². The Bertz CT molecular complexity index is 24.8. The van der Waals surface area contributed by atoms with Crippen LogP contribution in [0.1, 0.15) is 0 Å². The molecule has 30 valence electrons. The molecule has 0 heterocycles. The lowest BCUT2D eigenvalue weighted by molar-refractivity contribution is -0.442. The van der Waals surface area contributed by atoms with Gasteiger partial charge in [0.1, 0.15) is 0 Å². The zero-order valence-corrected chi connectivity index (χ0v) is 3.40. The summed E-state index contributed by atoms with van der Waals surface area (Å²) in [6.07, 6.45) is 0. The minimum atomic E-state index is -1.44. The predicted molar refractivity (Wildman–Crippen MR) is 12.6 cm³/mol. The largest absolute Gasteiger partial charge is 0.528 e. The van der Waals surface area contributed by atoms with E-state index in [9.17, 15) is 0 Å². The van der Waals surface area contributed by atoms with Crippen LogP contribution in [0.4, 0.5) is 0 Å². The molecule has 0 aliphatic rings. The highest BCUT2D eigenvalue weighted by Crippen LogP contribution is 1.52. The van der Waals surface area contributed by atoms with Crippen LogP contribution in [-0.4, -0.2) is 14.9 Å². The van der Waals surface area contributed by atoms with Gasteiger partial charge in [-0.25, -0.2) is 5.26 Å². The molecular weight excluding hydrogens is 92.1 g/mol. The fourth-order valence-electron chi connectivity index (χ4n) is 0.0176. The van der Waals surface area contributed by atoms with Crippen LogP contribution in [-0.2, 0) is 14.1 Å². The summed E-state index contributed by atoms with van der Waals surface area (Å²) in [4.78, 5) is 0. The van der Waals surface area contributed by atoms with Crippen molar-refractivity contribution in [1.29, 1.82) is 0 Å². The lowest BCUT2D eigenvalue weighted by atomic mass is 14.6. The molecule has 0 amide bonds. The van der Waals surface area contributed by atoms with Crippen LogP contribution in [0.2, 0.25) is 0 Å². The van der Waals surface area contributed by atoms with Crippen molar-refractivity contribution in [2.45, 2.75) is 0 Å². The van der Waals surface area contributed by atoms with Gasteiger partial charge in [0, 0.05) is 0 Å². The maximum Gasteiger partial charge on any atom is 0.528 e. The molecule has 0 aliphatic carbocycles. The first-order chi connectivity index (χ1) is 2.41. The molecule has 0 fully saturated rings. The molecule has 1 N–H and O–H groups in total. The summed E-state index contributed by atoms with van der Waals surface area (Å²) in [5.41, 5.74) is 0. The van der Waals surface area contributed by atoms with E-state index in [0.29, 0.717) is 0 Å². The molecule has 0 aromatic rings. The SMILES string of the molecule is O=[SiH]OOO. The van der Waals surface area contributed by atoms with Crippen molar-refractivity contribution < 1.29 is 19.3 Å². The molecule has 5 heavy (non-hydrogen) atoms. The zero-order valence-electron chi connectivity index (χ0n) is 2.25. The van der Waals surface area contributed by atoms with Gasteiger partial charge in [0.05, 0.1) is 0 Å². The van der Waals surface area contributed by atoms with E-state index in [1.165, 1.54) is 0 Å². The van der Waals surface area contributed by atoms with E-state index >= 15 is 0 Å². The zero-order chi connectivity index (χ0) is 4.12. The molecule has 0 unspecified atom stereocenters. The van der Waals surface area contributed by atoms with Crippen LogP contribution in [0.3, 0.4) is 0 Å². The third kappa shape index (κ3) is 3.74. The Kier molecular flexibility index (Phi) is 3.54. The standard InChI is InChI=1S/H2O4Si/c1-3-4-5-2/h1,5H. The summed E-state index contributed by atoms with van der Waals surface area (Å²) in [6, 6.07) is 0. The second-order valence-corrected chi connectivity index (χ2v) is 0.652. The van der Waals surface area contributed by atoms with Crippen molar-refractivity contribution in [3.8, 4) is 0 Å². The monoisotopic (exact) mass is 94.0 g/mol. The Morgan fingerprint density at radius 1 is 1.80 bits per heavy atom. The molecule has 0 saturated heterocycles. The van der Waals surface area contributed by atoms with Gasteiger partial charge in [0.2, 0.25) is 0 Å². The molecular formula is H2O4Si. The summed E-state index contributed by atoms with van der Waals surface area (Å²) in [7, 11) is -1.44. The van der Waals surface area contributed by atoms with Crippen LogP contribution < -0.4 is 0 Å². The summed E-state index contributed by atoms with van der Waals surface area (Å²) < 4.78 is 12.5. The van der Waals surface area contributed by atoms with Crippen LogP contribution >= 0.6 is 0 Å². The number of hydrogen-bond acceptors (Lipinski definition) is 4. The molecule has 4 nitrogen and oxygen atoms in total. The first kappa shape index (κ1) is 4.74. The molecule has 0 rings (SSSR count). The van der Waals surface area contributed by atoms with Gasteiger partial charge in [-0.3, -0.25) is 0 Å². The molecule has 0 spiro atoms. The highest BCUT2D eigenvalue weighted by Gasteiger charge is 1.66. The van der Waals surface area contributed by atoms with Gasteiger partial charge < -0.3 is 9.04 Å². The smallest absolute Gasteiger partial charge is 0.337 e. The van der Waals surface area contributed by atoms with Crippen molar-refractivity contribution in [3.05, 3.63) is 0 Å². The molecule has 0 aromatic carbocycles. The summed E-state index contributed by atoms with van der Waals surface area (Å²) >= 11 is 0. The fourth-order valence-corrected chi connectivity index (χ4v) is 0.0527. The lowest BCUT2D eigenvalue weighted by Crippen LogP contribution is -1.83. The van der Waals surface area contributed by atoms with E-state index in [0.717, 1.165) is 0 Å². The molecule has 0 bridgehead atoms. The van der Waals surface area contributed by atoms with Gasteiger partial charge in [-0.05, 0) is 5.04 Å². The highest BCUT2D eigenvalue weighted by molar-refractivity contribution is 6.06. The van der Waals surface area contributed by atoms with Gasteiger partial charge in [0.25, 0.3) is 0 Å². The quantitative estimate of drug-likeness (QED) is 0.274. The molecule has 0 radical (unpaired) electrons. The van der Waals surface area contributed by atoms with E-state index in [2.05, 4.69) is 9.61 Å². The van der Waals surface area contributed by atoms with Gasteiger partial charge >= 0.3 is 9.65 Å². The normalized spacial score (nSPS) is 6.60. The average molecular weight is 94.1 g/mol. The van der Waals surface area contributed by atoms with Crippen LogP contribution in [0.5, 0.6) is 0 Å². The van der Waals surface area contributed by atoms with E-state index in [1.54, 1.807) is 0 Å². The van der Waals surface area contributed by atoms with Crippen molar-refractivity contribution in [2.24, 2.45) is 0 Å². The Hall–Kier alpha value is -0.263. The minimum absolute atomic E-state index is 1.44. The molecule has 0 aliphatic heterocycles. The Labute approximate surface area is 30.2 Å². The van der Waals surface area contributed by atoms with Crippen molar-refractivity contribution >= 4 is 9.65 Å². The summed E-state index contributed by atoms with van der Waals surface area (Å²) in [5, 5.41) is 10.1. The average Bonchev–Trinajstić information content (AvgIpc) is 1.41. The molecule has 5 heteroatoms. The summed E-state index contributed by atoms with van der Waals surface area (Å²) in [6.45, 7) is 0. The topological polar surface area (TPSA) is 55.8 Å². The van der Waals surface area contributed by atoms with Gasteiger partial charge in [0.15, 0.2) is 0 Å². The predicted octanol–water partition coefficient (Wildman–Crippen LogP) is -0.895. The van der Waals surface area contributed by atoms with Crippen LogP contribution in [0, 0.1) is 0 Å². The van der Waals surface area contributed by atoms with Crippen LogP contribution in [0.15, 0.2) is 0 Å². The van der Waals surface area contributed by atoms with Crippen LogP contribution in [0.25, 0.3) is 0 Å². The highest BCUT2D eigenvalue weighted by atomic mass is 28.2. The second-order valence-electron chi connectivity index (χ2n) is 0.267. The maximum atomic E-state index is 9.11. The Morgan fingerprint density at radius 3 is 2.40 bits per heavy atom. The molecule has 0 saturated carbocycles. The van der Waals surface area contributed by atoms with Crippen molar-refractivity contribution in [2.75, 3.05) is 0 Å². The van der Waals surface area contributed by atoms with Crippen molar-refractivity contribution in [1.82, 2.24) is 0 Å². The van der Waals surface area contributed by atoms with Gasteiger partial charge in [-0.15, -0.1) is 0 Å². The Morgan fingerprint density at radius 2 is 2.40 bits per heavy atom. The molecule has 0 aromatic heterocycles. The third-order valence-corrected chi connectivity index (χ3v) is 0.247. The van der Waals surface area contributed by atoms with E-state index < -0.39 is 9.65 Å². The number of hydrogen-bond donors (Lipinski definition) is 1. The van der Waals surface area contributed by atoms with Gasteiger partial charge in [-0.2, -0.15) is 0 Å². The summed E-state index contributed by atoms with van der Waals surface area (Å²) in [5.74, 6) is 0. The molecule has 0 atom stereocenters. The first-order valence-electron chi connectivity index (χ1n) is 0.821. The van der Waals surface area contributed by atoms with Gasteiger partial charge in [-0.1, -0.05) is 0 Å². The minimum Gasteiger partial charge on any atom is -0.337 e. The lowest BCUT2D eigenvalue weighted by Gasteiger charge is -1.77. The first-order valence-corrected chi connectivity index (χ1v) is 1.76.